The van der Waals surface area contributed by atoms with Crippen LogP contribution >= 0.6 is 0 Å². The predicted molar refractivity (Wildman–Crippen MR) is 118 cm³/mol. The zero-order valence-corrected chi connectivity index (χ0v) is 19.1. The molecule has 1 fully saturated rings. The molecule has 10 nitrogen and oxygen atoms in total. The van der Waals surface area contributed by atoms with Crippen LogP contribution in [0.2, 0.25) is 0 Å². The number of carbonyl (C=O) groups excluding carboxylic acids is 3. The van der Waals surface area contributed by atoms with Crippen LogP contribution in [0.1, 0.15) is 39.4 Å². The van der Waals surface area contributed by atoms with Crippen molar-refractivity contribution in [2.24, 2.45) is 5.92 Å². The topological polar surface area (TPSA) is 119 Å². The summed E-state index contributed by atoms with van der Waals surface area (Å²) in [6.07, 6.45) is 2.36. The zero-order valence-electron chi connectivity index (χ0n) is 19.1. The Hall–Kier alpha value is -3.89. The third kappa shape index (κ3) is 4.59. The quantitative estimate of drug-likeness (QED) is 0.398. The van der Waals surface area contributed by atoms with Crippen molar-refractivity contribution in [1.29, 1.82) is 0 Å². The first-order valence-corrected chi connectivity index (χ1v) is 10.8. The predicted octanol–water partition coefficient (Wildman–Crippen LogP) is 2.13. The van der Waals surface area contributed by atoms with Gasteiger partial charge in [0.2, 0.25) is 17.3 Å². The fourth-order valence-corrected chi connectivity index (χ4v) is 3.93. The minimum atomic E-state index is -0.938. The molecule has 0 spiro atoms. The molecule has 0 aliphatic carbocycles. The molecule has 1 aromatic carbocycles. The Bertz CT molecular complexity index is 1230. The highest BCUT2D eigenvalue weighted by Crippen LogP contribution is 2.26. The summed E-state index contributed by atoms with van der Waals surface area (Å²) in [6.45, 7) is 1.00. The number of hydrogen-bond donors (Lipinski definition) is 0. The Morgan fingerprint density at radius 3 is 2.44 bits per heavy atom. The van der Waals surface area contributed by atoms with Crippen molar-refractivity contribution in [3.8, 4) is 5.88 Å². The van der Waals surface area contributed by atoms with Crippen LogP contribution in [0.5, 0.6) is 5.88 Å². The van der Waals surface area contributed by atoms with Gasteiger partial charge in [-0.25, -0.2) is 9.37 Å². The van der Waals surface area contributed by atoms with Gasteiger partial charge in [0.05, 0.1) is 7.11 Å². The maximum Gasteiger partial charge on any atom is 0.298 e. The van der Waals surface area contributed by atoms with Gasteiger partial charge in [0.1, 0.15) is 5.82 Å². The van der Waals surface area contributed by atoms with Gasteiger partial charge in [-0.3, -0.25) is 14.4 Å². The van der Waals surface area contributed by atoms with Crippen LogP contribution in [-0.4, -0.2) is 76.8 Å². The molecule has 1 aliphatic heterocycles. The lowest BCUT2D eigenvalue weighted by atomic mass is 9.90. The van der Waals surface area contributed by atoms with E-state index in [1.165, 1.54) is 33.3 Å². The minimum absolute atomic E-state index is 0.0405. The molecule has 3 heterocycles. The van der Waals surface area contributed by atoms with Crippen molar-refractivity contribution in [2.75, 3.05) is 34.3 Å². The molecule has 11 heteroatoms. The highest BCUT2D eigenvalue weighted by atomic mass is 19.1. The third-order valence-electron chi connectivity index (χ3n) is 5.83. The van der Waals surface area contributed by atoms with E-state index in [1.54, 1.807) is 17.0 Å². The molecule has 3 aromatic rings. The highest BCUT2D eigenvalue weighted by Gasteiger charge is 2.31. The lowest BCUT2D eigenvalue weighted by Gasteiger charge is -2.32. The molecule has 4 rings (SSSR count). The van der Waals surface area contributed by atoms with E-state index >= 15 is 0 Å². The highest BCUT2D eigenvalue weighted by molar-refractivity contribution is 6.43. The molecular formula is C23H24FN5O5. The summed E-state index contributed by atoms with van der Waals surface area (Å²) >= 11 is 0. The fraction of sp³-hybridized carbons (Fsp3) is 0.391. The average Bonchev–Trinajstić information content (AvgIpc) is 3.26. The van der Waals surface area contributed by atoms with Gasteiger partial charge in [-0.15, -0.1) is 0 Å². The van der Waals surface area contributed by atoms with Crippen molar-refractivity contribution >= 4 is 28.8 Å². The number of amides is 2. The number of benzene rings is 1. The molecule has 2 aromatic heterocycles. The Labute approximate surface area is 194 Å². The summed E-state index contributed by atoms with van der Waals surface area (Å²) in [6, 6.07) is 6.46. The third-order valence-corrected chi connectivity index (χ3v) is 5.83. The van der Waals surface area contributed by atoms with E-state index in [0.717, 1.165) is 29.7 Å². The second kappa shape index (κ2) is 9.54. The minimum Gasteiger partial charge on any atom is -0.479 e. The second-order valence-corrected chi connectivity index (χ2v) is 8.36. The number of fused-ring (bicyclic) bond motifs is 1. The van der Waals surface area contributed by atoms with E-state index < -0.39 is 17.6 Å². The van der Waals surface area contributed by atoms with Gasteiger partial charge in [-0.1, -0.05) is 17.3 Å². The smallest absolute Gasteiger partial charge is 0.298 e. The number of rotatable bonds is 6. The summed E-state index contributed by atoms with van der Waals surface area (Å²) in [5.41, 5.74) is 0.861. The van der Waals surface area contributed by atoms with E-state index in [2.05, 4.69) is 15.1 Å². The molecule has 0 radical (unpaired) electrons. The standard InChI is InChI=1S/C23H24FN5O5/c1-28(2)23(32)18(30)19-16-20(27-34-19)26-21(33-3)17(25-16)22(31)29-10-8-14(9-11-29)12-13-4-6-15(24)7-5-13/h4-7,14H,8-12H2,1-3H3. The molecule has 0 N–H and O–H groups in total. The van der Waals surface area contributed by atoms with Crippen LogP contribution in [-0.2, 0) is 11.2 Å². The van der Waals surface area contributed by atoms with Gasteiger partial charge < -0.3 is 19.1 Å². The first-order valence-electron chi connectivity index (χ1n) is 10.8. The Balaban J connectivity index is 1.52. The number of halogens is 1. The van der Waals surface area contributed by atoms with Gasteiger partial charge in [-0.2, -0.15) is 4.98 Å². The number of piperidine rings is 1. The van der Waals surface area contributed by atoms with Crippen LogP contribution in [0.25, 0.3) is 11.2 Å². The number of likely N-dealkylation sites (N-methyl/N-ethyl adjacent to an activating group) is 1. The average molecular weight is 469 g/mol. The van der Waals surface area contributed by atoms with Crippen molar-refractivity contribution < 1.29 is 28.0 Å². The van der Waals surface area contributed by atoms with E-state index in [9.17, 15) is 18.8 Å². The Morgan fingerprint density at radius 2 is 1.82 bits per heavy atom. The molecule has 0 bridgehead atoms. The zero-order chi connectivity index (χ0) is 24.4. The van der Waals surface area contributed by atoms with Gasteiger partial charge in [-0.05, 0) is 42.9 Å². The molecule has 34 heavy (non-hydrogen) atoms. The van der Waals surface area contributed by atoms with Crippen LogP contribution in [0.3, 0.4) is 0 Å². The number of likely N-dealkylation sites (tertiary alicyclic amines) is 1. The monoisotopic (exact) mass is 469 g/mol. The van der Waals surface area contributed by atoms with E-state index in [-0.39, 0.29) is 34.3 Å². The summed E-state index contributed by atoms with van der Waals surface area (Å²) in [7, 11) is 4.22. The number of ether oxygens (including phenoxy) is 1. The maximum atomic E-state index is 13.3. The Morgan fingerprint density at radius 1 is 1.15 bits per heavy atom. The molecular weight excluding hydrogens is 445 g/mol. The van der Waals surface area contributed by atoms with Crippen LogP contribution < -0.4 is 4.74 Å². The number of methoxy groups -OCH3 is 1. The van der Waals surface area contributed by atoms with Crippen molar-refractivity contribution in [3.05, 3.63) is 47.1 Å². The molecule has 0 unspecified atom stereocenters. The Kier molecular flexibility index (Phi) is 6.53. The molecule has 2 amide bonds. The largest absolute Gasteiger partial charge is 0.479 e. The van der Waals surface area contributed by atoms with Crippen LogP contribution in [0, 0.1) is 11.7 Å². The van der Waals surface area contributed by atoms with Gasteiger partial charge in [0, 0.05) is 27.2 Å². The number of aromatic nitrogens is 3. The lowest BCUT2D eigenvalue weighted by molar-refractivity contribution is -0.124. The first kappa shape index (κ1) is 23.3. The maximum absolute atomic E-state index is 13.3. The second-order valence-electron chi connectivity index (χ2n) is 8.36. The summed E-state index contributed by atoms with van der Waals surface area (Å²) in [5.74, 6) is -2.47. The number of ketones is 1. The molecule has 1 saturated heterocycles. The SMILES string of the molecule is COc1nc2noc(C(=O)C(=O)N(C)C)c2nc1C(=O)N1CCC(Cc2ccc(F)cc2)CC1. The van der Waals surface area contributed by atoms with Gasteiger partial charge in [0.15, 0.2) is 11.2 Å². The molecule has 0 saturated carbocycles. The van der Waals surface area contributed by atoms with E-state index in [1.807, 2.05) is 0 Å². The number of nitrogens with zero attached hydrogens (tertiary/aromatic N) is 5. The number of Topliss-reactive ketones (excluding diaryl/α,β-unsaturated/α-hetero) is 1. The fourth-order valence-electron chi connectivity index (χ4n) is 3.93. The van der Waals surface area contributed by atoms with E-state index in [0.29, 0.717) is 19.0 Å². The summed E-state index contributed by atoms with van der Waals surface area (Å²) in [5, 5.41) is 3.69. The van der Waals surface area contributed by atoms with Gasteiger partial charge >= 0.3 is 0 Å². The van der Waals surface area contributed by atoms with Crippen molar-refractivity contribution in [1.82, 2.24) is 24.9 Å². The number of hydrogen-bond acceptors (Lipinski definition) is 8. The summed E-state index contributed by atoms with van der Waals surface area (Å²) in [4.78, 5) is 49.0. The van der Waals surface area contributed by atoms with Crippen LogP contribution in [0.4, 0.5) is 4.39 Å². The van der Waals surface area contributed by atoms with Gasteiger partial charge in [0.25, 0.3) is 17.6 Å². The van der Waals surface area contributed by atoms with Crippen molar-refractivity contribution in [3.63, 3.8) is 0 Å². The molecule has 0 atom stereocenters. The van der Waals surface area contributed by atoms with Crippen molar-refractivity contribution in [2.45, 2.75) is 19.3 Å². The first-order chi connectivity index (χ1) is 16.3. The molecule has 178 valence electrons. The van der Waals surface area contributed by atoms with Crippen LogP contribution in [0.15, 0.2) is 28.8 Å². The normalized spacial score (nSPS) is 14.3. The van der Waals surface area contributed by atoms with E-state index in [4.69, 9.17) is 9.26 Å². The lowest BCUT2D eigenvalue weighted by Crippen LogP contribution is -2.39. The number of carbonyl (C=O) groups is 3. The summed E-state index contributed by atoms with van der Waals surface area (Å²) < 4.78 is 23.4. The molecule has 1 aliphatic rings.